The molecule has 0 radical (unpaired) electrons. The molecule has 2 nitrogen and oxygen atoms in total. The van der Waals surface area contributed by atoms with E-state index >= 15 is 0 Å². The zero-order valence-corrected chi connectivity index (χ0v) is 8.54. The van der Waals surface area contributed by atoms with Crippen molar-refractivity contribution in [1.82, 2.24) is 0 Å². The van der Waals surface area contributed by atoms with Crippen LogP contribution in [-0.2, 0) is 15.9 Å². The van der Waals surface area contributed by atoms with Crippen molar-refractivity contribution < 1.29 is 9.47 Å². The molecule has 0 amide bonds. The summed E-state index contributed by atoms with van der Waals surface area (Å²) in [5.74, 6) is 0. The third-order valence-electron chi connectivity index (χ3n) is 1.87. The van der Waals surface area contributed by atoms with Gasteiger partial charge in [0.25, 0.3) is 5.25 Å². The van der Waals surface area contributed by atoms with Gasteiger partial charge in [0.1, 0.15) is 0 Å². The molecule has 0 fully saturated rings. The van der Waals surface area contributed by atoms with Crippen molar-refractivity contribution in [3.63, 3.8) is 0 Å². The Morgan fingerprint density at radius 3 is 2.15 bits per heavy atom. The van der Waals surface area contributed by atoms with Gasteiger partial charge in [0.05, 0.1) is 0 Å². The van der Waals surface area contributed by atoms with Crippen LogP contribution in [0.3, 0.4) is 0 Å². The first-order valence-corrected chi connectivity index (χ1v) is 4.41. The summed E-state index contributed by atoms with van der Waals surface area (Å²) in [6.45, 7) is 0. The van der Waals surface area contributed by atoms with Gasteiger partial charge in [-0.15, -0.1) is 0 Å². The quantitative estimate of drug-likeness (QED) is 0.549. The summed E-state index contributed by atoms with van der Waals surface area (Å²) in [6, 6.07) is 9.83. The van der Waals surface area contributed by atoms with E-state index in [0.717, 1.165) is 5.56 Å². The molecule has 0 saturated carbocycles. The summed E-state index contributed by atoms with van der Waals surface area (Å²) < 4.78 is 10.1. The number of halogens is 1. The van der Waals surface area contributed by atoms with E-state index in [0.29, 0.717) is 6.42 Å². The molecule has 0 N–H and O–H groups in total. The number of alkyl halides is 1. The molecule has 0 aliphatic carbocycles. The van der Waals surface area contributed by atoms with Gasteiger partial charge in [-0.1, -0.05) is 41.9 Å². The van der Waals surface area contributed by atoms with Crippen LogP contribution in [0.4, 0.5) is 0 Å². The third-order valence-corrected chi connectivity index (χ3v) is 2.31. The van der Waals surface area contributed by atoms with Gasteiger partial charge in [-0.25, -0.2) is 0 Å². The van der Waals surface area contributed by atoms with Crippen LogP contribution in [0.25, 0.3) is 0 Å². The van der Waals surface area contributed by atoms with Crippen LogP contribution in [0.15, 0.2) is 30.3 Å². The monoisotopic (exact) mass is 200 g/mol. The Morgan fingerprint density at radius 1 is 1.15 bits per heavy atom. The molecule has 13 heavy (non-hydrogen) atoms. The summed E-state index contributed by atoms with van der Waals surface area (Å²) >= 11 is 6.00. The van der Waals surface area contributed by atoms with Crippen molar-refractivity contribution in [2.75, 3.05) is 14.2 Å². The van der Waals surface area contributed by atoms with E-state index in [2.05, 4.69) is 0 Å². The predicted octanol–water partition coefficient (Wildman–Crippen LogP) is 2.41. The summed E-state index contributed by atoms with van der Waals surface area (Å²) in [5, 5.41) is -1.04. The first kappa shape index (κ1) is 10.5. The molecule has 0 aliphatic rings. The van der Waals surface area contributed by atoms with E-state index < -0.39 is 5.25 Å². The highest BCUT2D eigenvalue weighted by atomic mass is 35.5. The maximum atomic E-state index is 6.00. The lowest BCUT2D eigenvalue weighted by Gasteiger charge is -2.23. The molecule has 0 spiro atoms. The van der Waals surface area contributed by atoms with E-state index in [1.165, 1.54) is 14.2 Å². The molecule has 3 heteroatoms. The Balaban J connectivity index is 2.68. The zero-order valence-electron chi connectivity index (χ0n) is 7.79. The van der Waals surface area contributed by atoms with Gasteiger partial charge in [-0.05, 0) is 5.56 Å². The topological polar surface area (TPSA) is 18.5 Å². The van der Waals surface area contributed by atoms with Gasteiger partial charge in [-0.2, -0.15) is 0 Å². The van der Waals surface area contributed by atoms with Gasteiger partial charge in [0, 0.05) is 20.6 Å². The Hall–Kier alpha value is -0.570. The molecule has 1 rings (SSSR count). The minimum Gasteiger partial charge on any atom is -0.340 e. The van der Waals surface area contributed by atoms with Crippen LogP contribution < -0.4 is 0 Å². The first-order valence-electron chi connectivity index (χ1n) is 4.03. The van der Waals surface area contributed by atoms with Crippen LogP contribution in [0, 0.1) is 0 Å². The molecule has 0 aromatic heterocycles. The van der Waals surface area contributed by atoms with Crippen LogP contribution in [0.5, 0.6) is 0 Å². The largest absolute Gasteiger partial charge is 0.340 e. The van der Waals surface area contributed by atoms with E-state index in [4.69, 9.17) is 21.1 Å². The molecule has 72 valence electrons. The maximum Gasteiger partial charge on any atom is 0.251 e. The lowest BCUT2D eigenvalue weighted by molar-refractivity contribution is -0.139. The molecule has 0 aliphatic heterocycles. The van der Waals surface area contributed by atoms with Crippen molar-refractivity contribution in [2.45, 2.75) is 11.7 Å². The Bertz CT molecular complexity index is 244. The predicted molar refractivity (Wildman–Crippen MR) is 52.7 cm³/mol. The van der Waals surface area contributed by atoms with Crippen LogP contribution in [-0.4, -0.2) is 19.5 Å². The number of benzene rings is 1. The molecule has 1 aromatic rings. The average molecular weight is 201 g/mol. The number of rotatable bonds is 4. The smallest absolute Gasteiger partial charge is 0.251 e. The molecule has 0 bridgehead atoms. The highest BCUT2D eigenvalue weighted by Crippen LogP contribution is 2.22. The van der Waals surface area contributed by atoms with Crippen LogP contribution in [0.2, 0.25) is 0 Å². The van der Waals surface area contributed by atoms with Crippen molar-refractivity contribution in [1.29, 1.82) is 0 Å². The summed E-state index contributed by atoms with van der Waals surface area (Å²) in [4.78, 5) is 0. The second kappa shape index (κ2) is 4.61. The Morgan fingerprint density at radius 2 is 1.69 bits per heavy atom. The SMILES string of the molecule is COC(Cl)(Cc1ccccc1)OC. The minimum absolute atomic E-state index is 0.530. The third kappa shape index (κ3) is 2.99. The van der Waals surface area contributed by atoms with E-state index in [1.54, 1.807) is 0 Å². The normalized spacial score (nSPS) is 11.6. The lowest BCUT2D eigenvalue weighted by Crippen LogP contribution is -2.29. The second-order valence-electron chi connectivity index (χ2n) is 2.73. The molecule has 0 atom stereocenters. The highest BCUT2D eigenvalue weighted by molar-refractivity contribution is 6.22. The van der Waals surface area contributed by atoms with Crippen molar-refractivity contribution in [3.05, 3.63) is 35.9 Å². The first-order chi connectivity index (χ1) is 6.20. The lowest BCUT2D eigenvalue weighted by atomic mass is 10.1. The average Bonchev–Trinajstić information content (AvgIpc) is 2.19. The molecular weight excluding hydrogens is 188 g/mol. The van der Waals surface area contributed by atoms with Crippen LogP contribution >= 0.6 is 11.6 Å². The number of hydrogen-bond donors (Lipinski definition) is 0. The molecule has 0 unspecified atom stereocenters. The fraction of sp³-hybridized carbons (Fsp3) is 0.400. The Labute approximate surface area is 83.4 Å². The van der Waals surface area contributed by atoms with Gasteiger partial charge < -0.3 is 9.47 Å². The number of hydrogen-bond acceptors (Lipinski definition) is 2. The summed E-state index contributed by atoms with van der Waals surface area (Å²) in [6.07, 6.45) is 0.530. The van der Waals surface area contributed by atoms with Gasteiger partial charge in [-0.3, -0.25) is 0 Å². The van der Waals surface area contributed by atoms with Crippen molar-refractivity contribution in [3.8, 4) is 0 Å². The van der Waals surface area contributed by atoms with E-state index in [1.807, 2.05) is 30.3 Å². The maximum absolute atomic E-state index is 6.00. The summed E-state index contributed by atoms with van der Waals surface area (Å²) in [5.41, 5.74) is 1.08. The Kier molecular flexibility index (Phi) is 3.72. The molecule has 0 heterocycles. The van der Waals surface area contributed by atoms with Crippen LogP contribution in [0.1, 0.15) is 5.56 Å². The van der Waals surface area contributed by atoms with E-state index in [9.17, 15) is 0 Å². The summed E-state index contributed by atoms with van der Waals surface area (Å²) in [7, 11) is 3.05. The standard InChI is InChI=1S/C10H13ClO2/c1-12-10(11,13-2)8-9-6-4-3-5-7-9/h3-7H,8H2,1-2H3. The molecular formula is C10H13ClO2. The minimum atomic E-state index is -1.04. The number of ether oxygens (including phenoxy) is 2. The molecule has 1 aromatic carbocycles. The second-order valence-corrected chi connectivity index (χ2v) is 3.31. The van der Waals surface area contributed by atoms with Crippen molar-refractivity contribution >= 4 is 11.6 Å². The number of methoxy groups -OCH3 is 2. The highest BCUT2D eigenvalue weighted by Gasteiger charge is 2.26. The van der Waals surface area contributed by atoms with Crippen molar-refractivity contribution in [2.24, 2.45) is 0 Å². The zero-order chi connectivity index (χ0) is 9.73. The fourth-order valence-electron chi connectivity index (χ4n) is 1.07. The van der Waals surface area contributed by atoms with E-state index in [-0.39, 0.29) is 0 Å². The van der Waals surface area contributed by atoms with Gasteiger partial charge in [0.2, 0.25) is 0 Å². The molecule has 0 saturated heterocycles. The van der Waals surface area contributed by atoms with Gasteiger partial charge in [0.15, 0.2) is 0 Å². The van der Waals surface area contributed by atoms with Gasteiger partial charge >= 0.3 is 0 Å². The fourth-order valence-corrected chi connectivity index (χ4v) is 1.22.